The second-order valence-corrected chi connectivity index (χ2v) is 13.7. The van der Waals surface area contributed by atoms with Crippen LogP contribution in [-0.4, -0.2) is 0 Å². The van der Waals surface area contributed by atoms with E-state index in [0.717, 1.165) is 55.7 Å². The van der Waals surface area contributed by atoms with Gasteiger partial charge in [-0.25, -0.2) is 0 Å². The van der Waals surface area contributed by atoms with E-state index >= 15 is 0 Å². The third kappa shape index (κ3) is 5.62. The molecule has 0 N–H and O–H groups in total. The highest BCUT2D eigenvalue weighted by Gasteiger charge is 2.21. The fourth-order valence-corrected chi connectivity index (χ4v) is 7.91. The average Bonchev–Trinajstić information content (AvgIpc) is 3.64. The van der Waals surface area contributed by atoms with E-state index in [0.29, 0.717) is 0 Å². The van der Waals surface area contributed by atoms with Crippen LogP contribution in [0.4, 0.5) is 17.1 Å². The number of hydrogen-bond donors (Lipinski definition) is 0. The van der Waals surface area contributed by atoms with Crippen molar-refractivity contribution in [2.24, 2.45) is 0 Å². The summed E-state index contributed by atoms with van der Waals surface area (Å²) in [7, 11) is 0. The van der Waals surface area contributed by atoms with Crippen LogP contribution in [0.25, 0.3) is 77.2 Å². The zero-order valence-electron chi connectivity index (χ0n) is 29.6. The van der Waals surface area contributed by atoms with Crippen molar-refractivity contribution in [3.8, 4) is 44.5 Å². The molecule has 0 saturated carbocycles. The van der Waals surface area contributed by atoms with Crippen LogP contribution in [0.15, 0.2) is 217 Å². The Bertz CT molecular complexity index is 2940. The van der Waals surface area contributed by atoms with Crippen molar-refractivity contribution < 1.29 is 4.42 Å². The van der Waals surface area contributed by atoms with Gasteiger partial charge in [0.2, 0.25) is 0 Å². The Kier molecular flexibility index (Phi) is 7.85. The molecule has 254 valence electrons. The van der Waals surface area contributed by atoms with Gasteiger partial charge in [0, 0.05) is 27.7 Å². The summed E-state index contributed by atoms with van der Waals surface area (Å²) in [4.78, 5) is 2.40. The number of furan rings is 1. The van der Waals surface area contributed by atoms with Crippen LogP contribution in [0.2, 0.25) is 0 Å². The predicted molar refractivity (Wildman–Crippen MR) is 228 cm³/mol. The summed E-state index contributed by atoms with van der Waals surface area (Å²) in [5.41, 5.74) is 14.4. The molecular formula is C52H35NO. The Morgan fingerprint density at radius 3 is 1.72 bits per heavy atom. The van der Waals surface area contributed by atoms with Crippen molar-refractivity contribution in [2.45, 2.75) is 0 Å². The first-order valence-electron chi connectivity index (χ1n) is 18.4. The minimum absolute atomic E-state index is 0.884. The largest absolute Gasteiger partial charge is 0.456 e. The molecule has 10 aromatic rings. The van der Waals surface area contributed by atoms with Gasteiger partial charge in [0.25, 0.3) is 0 Å². The van der Waals surface area contributed by atoms with E-state index in [-0.39, 0.29) is 0 Å². The van der Waals surface area contributed by atoms with Gasteiger partial charge in [-0.1, -0.05) is 164 Å². The first kappa shape index (κ1) is 31.6. The highest BCUT2D eigenvalue weighted by Crippen LogP contribution is 2.46. The molecule has 54 heavy (non-hydrogen) atoms. The van der Waals surface area contributed by atoms with Crippen LogP contribution in [0.5, 0.6) is 0 Å². The summed E-state index contributed by atoms with van der Waals surface area (Å²) in [6.45, 7) is 0. The van der Waals surface area contributed by atoms with Gasteiger partial charge in [0.15, 0.2) is 0 Å². The molecular weight excluding hydrogens is 655 g/mol. The van der Waals surface area contributed by atoms with Crippen molar-refractivity contribution in [1.29, 1.82) is 0 Å². The number of benzene rings is 9. The van der Waals surface area contributed by atoms with Gasteiger partial charge < -0.3 is 9.32 Å². The normalized spacial score (nSPS) is 11.3. The number of rotatable bonds is 7. The molecule has 0 bridgehead atoms. The van der Waals surface area contributed by atoms with Crippen molar-refractivity contribution in [1.82, 2.24) is 0 Å². The van der Waals surface area contributed by atoms with Gasteiger partial charge in [0.05, 0.1) is 5.69 Å². The summed E-state index contributed by atoms with van der Waals surface area (Å²) in [6, 6.07) is 75.9. The molecule has 0 unspecified atom stereocenters. The van der Waals surface area contributed by atoms with Crippen LogP contribution >= 0.6 is 0 Å². The van der Waals surface area contributed by atoms with Crippen molar-refractivity contribution >= 4 is 49.8 Å². The molecule has 0 aliphatic rings. The molecule has 2 heteroatoms. The lowest BCUT2D eigenvalue weighted by atomic mass is 9.92. The van der Waals surface area contributed by atoms with E-state index in [4.69, 9.17) is 4.42 Å². The molecule has 0 radical (unpaired) electrons. The molecule has 0 amide bonds. The third-order valence-electron chi connectivity index (χ3n) is 10.5. The summed E-state index contributed by atoms with van der Waals surface area (Å²) in [5, 5.41) is 4.72. The number of nitrogens with zero attached hydrogens (tertiary/aromatic N) is 1. The van der Waals surface area contributed by atoms with E-state index in [1.165, 1.54) is 38.6 Å². The maximum Gasteiger partial charge on any atom is 0.136 e. The zero-order chi connectivity index (χ0) is 35.8. The van der Waals surface area contributed by atoms with E-state index in [1.807, 2.05) is 12.1 Å². The molecule has 0 atom stereocenters. The number of hydrogen-bond acceptors (Lipinski definition) is 2. The van der Waals surface area contributed by atoms with Crippen molar-refractivity contribution in [3.05, 3.63) is 212 Å². The number of fused-ring (bicyclic) bond motifs is 4. The van der Waals surface area contributed by atoms with E-state index in [2.05, 4.69) is 205 Å². The summed E-state index contributed by atoms with van der Waals surface area (Å²) >= 11 is 0. The Hall–Kier alpha value is -7.16. The standard InChI is InChI=1S/C52H35NO/c1-2-14-36(15-3-1)38-30-32-42(33-31-38)53(49-25-10-8-22-46(49)47-24-13-27-51-52(47)48-23-9-11-26-50(48)54-51)43-19-12-18-40(35-43)44-20-6-7-21-45(44)41-29-28-37-16-4-5-17-39(37)34-41/h1-35H. The topological polar surface area (TPSA) is 16.4 Å². The van der Waals surface area contributed by atoms with Gasteiger partial charge in [-0.15, -0.1) is 0 Å². The lowest BCUT2D eigenvalue weighted by molar-refractivity contribution is 0.669. The minimum Gasteiger partial charge on any atom is -0.456 e. The van der Waals surface area contributed by atoms with Crippen LogP contribution < -0.4 is 4.90 Å². The molecule has 1 aromatic heterocycles. The summed E-state index contributed by atoms with van der Waals surface area (Å²) < 4.78 is 6.36. The van der Waals surface area contributed by atoms with Crippen LogP contribution in [-0.2, 0) is 0 Å². The summed E-state index contributed by atoms with van der Waals surface area (Å²) in [6.07, 6.45) is 0. The minimum atomic E-state index is 0.884. The smallest absolute Gasteiger partial charge is 0.136 e. The maximum atomic E-state index is 6.36. The zero-order valence-corrected chi connectivity index (χ0v) is 29.6. The second kappa shape index (κ2) is 13.4. The van der Waals surface area contributed by atoms with Crippen molar-refractivity contribution in [3.63, 3.8) is 0 Å². The predicted octanol–water partition coefficient (Wildman–Crippen LogP) is 14.9. The molecule has 9 aromatic carbocycles. The molecule has 0 aliphatic heterocycles. The van der Waals surface area contributed by atoms with Gasteiger partial charge in [0.1, 0.15) is 11.2 Å². The van der Waals surface area contributed by atoms with Gasteiger partial charge in [-0.05, 0) is 98.2 Å². The average molecular weight is 690 g/mol. The first-order valence-corrected chi connectivity index (χ1v) is 18.4. The Morgan fingerprint density at radius 1 is 0.315 bits per heavy atom. The molecule has 1 heterocycles. The maximum absolute atomic E-state index is 6.36. The Balaban J connectivity index is 1.16. The van der Waals surface area contributed by atoms with Crippen LogP contribution in [0.3, 0.4) is 0 Å². The second-order valence-electron chi connectivity index (χ2n) is 13.7. The molecule has 10 rings (SSSR count). The number of para-hydroxylation sites is 2. The quantitative estimate of drug-likeness (QED) is 0.166. The SMILES string of the molecule is c1ccc(-c2ccc(N(c3cccc(-c4ccccc4-c4ccc5ccccc5c4)c3)c3ccccc3-c3cccc4oc5ccccc5c34)cc2)cc1. The van der Waals surface area contributed by atoms with Crippen molar-refractivity contribution in [2.75, 3.05) is 4.90 Å². The molecule has 2 nitrogen and oxygen atoms in total. The highest BCUT2D eigenvalue weighted by molar-refractivity contribution is 6.14. The Morgan fingerprint density at radius 2 is 0.889 bits per heavy atom. The third-order valence-corrected chi connectivity index (χ3v) is 10.5. The van der Waals surface area contributed by atoms with E-state index < -0.39 is 0 Å². The molecule has 0 aliphatic carbocycles. The van der Waals surface area contributed by atoms with E-state index in [1.54, 1.807) is 0 Å². The molecule has 0 saturated heterocycles. The van der Waals surface area contributed by atoms with E-state index in [9.17, 15) is 0 Å². The van der Waals surface area contributed by atoms with Gasteiger partial charge in [-0.2, -0.15) is 0 Å². The van der Waals surface area contributed by atoms with Gasteiger partial charge in [-0.3, -0.25) is 0 Å². The molecule has 0 fully saturated rings. The van der Waals surface area contributed by atoms with Crippen LogP contribution in [0.1, 0.15) is 0 Å². The summed E-state index contributed by atoms with van der Waals surface area (Å²) in [5.74, 6) is 0. The lowest BCUT2D eigenvalue weighted by Crippen LogP contribution is -2.11. The first-order chi connectivity index (χ1) is 26.8. The number of anilines is 3. The Labute approximate surface area is 314 Å². The van der Waals surface area contributed by atoms with Gasteiger partial charge >= 0.3 is 0 Å². The molecule has 0 spiro atoms. The van der Waals surface area contributed by atoms with Crippen LogP contribution in [0, 0.1) is 0 Å². The fourth-order valence-electron chi connectivity index (χ4n) is 7.91. The fraction of sp³-hybridized carbons (Fsp3) is 0. The lowest BCUT2D eigenvalue weighted by Gasteiger charge is -2.29. The highest BCUT2D eigenvalue weighted by atomic mass is 16.3. The monoisotopic (exact) mass is 689 g/mol.